The van der Waals surface area contributed by atoms with E-state index in [1.165, 1.54) is 5.56 Å². The van der Waals surface area contributed by atoms with E-state index in [1.807, 2.05) is 19.1 Å². The highest BCUT2D eigenvalue weighted by Crippen LogP contribution is 2.19. The molecule has 0 radical (unpaired) electrons. The predicted octanol–water partition coefficient (Wildman–Crippen LogP) is 3.32. The molecule has 0 aromatic heterocycles. The molecule has 2 N–H and O–H groups in total. The SMILES string of the molecule is Cc1ccc(NCC(O)c2ccc(C#N)cc2)c(C)c1. The minimum absolute atomic E-state index is 0.440. The Bertz CT molecular complexity index is 626. The summed E-state index contributed by atoms with van der Waals surface area (Å²) in [5, 5.41) is 22.1. The first-order valence-electron chi connectivity index (χ1n) is 6.59. The number of hydrogen-bond acceptors (Lipinski definition) is 3. The first-order chi connectivity index (χ1) is 9.60. The number of nitrogens with zero attached hydrogens (tertiary/aromatic N) is 1. The molecular formula is C17H18N2O. The van der Waals surface area contributed by atoms with E-state index >= 15 is 0 Å². The third-order valence-electron chi connectivity index (χ3n) is 3.29. The summed E-state index contributed by atoms with van der Waals surface area (Å²) < 4.78 is 0. The number of rotatable bonds is 4. The van der Waals surface area contributed by atoms with Crippen LogP contribution in [0.2, 0.25) is 0 Å². The van der Waals surface area contributed by atoms with E-state index in [1.54, 1.807) is 24.3 Å². The zero-order valence-electron chi connectivity index (χ0n) is 11.7. The number of aryl methyl sites for hydroxylation is 2. The number of aliphatic hydroxyl groups is 1. The molecule has 3 nitrogen and oxygen atoms in total. The van der Waals surface area contributed by atoms with Gasteiger partial charge >= 0.3 is 0 Å². The van der Waals surface area contributed by atoms with Crippen molar-refractivity contribution >= 4 is 5.69 Å². The minimum atomic E-state index is -0.594. The second-order valence-electron chi connectivity index (χ2n) is 4.95. The van der Waals surface area contributed by atoms with Crippen molar-refractivity contribution in [3.8, 4) is 6.07 Å². The first-order valence-corrected chi connectivity index (χ1v) is 6.59. The van der Waals surface area contributed by atoms with Gasteiger partial charge in [-0.3, -0.25) is 0 Å². The zero-order valence-corrected chi connectivity index (χ0v) is 11.7. The number of hydrogen-bond donors (Lipinski definition) is 2. The summed E-state index contributed by atoms with van der Waals surface area (Å²) in [4.78, 5) is 0. The van der Waals surface area contributed by atoms with Gasteiger partial charge in [0.25, 0.3) is 0 Å². The summed E-state index contributed by atoms with van der Waals surface area (Å²) in [5.74, 6) is 0. The zero-order chi connectivity index (χ0) is 14.5. The van der Waals surface area contributed by atoms with Crippen LogP contribution in [-0.2, 0) is 0 Å². The lowest BCUT2D eigenvalue weighted by Crippen LogP contribution is -2.12. The molecule has 20 heavy (non-hydrogen) atoms. The third kappa shape index (κ3) is 3.37. The van der Waals surface area contributed by atoms with Crippen molar-refractivity contribution in [2.45, 2.75) is 20.0 Å². The third-order valence-corrected chi connectivity index (χ3v) is 3.29. The Hall–Kier alpha value is -2.31. The van der Waals surface area contributed by atoms with Crippen LogP contribution in [0.15, 0.2) is 42.5 Å². The fraction of sp³-hybridized carbons (Fsp3) is 0.235. The van der Waals surface area contributed by atoms with Crippen LogP contribution in [0.25, 0.3) is 0 Å². The molecule has 2 aromatic rings. The standard InChI is InChI=1S/C17H18N2O/c1-12-3-8-16(13(2)9-12)19-11-17(20)15-6-4-14(10-18)5-7-15/h3-9,17,19-20H,11H2,1-2H3. The monoisotopic (exact) mass is 266 g/mol. The van der Waals surface area contributed by atoms with Crippen LogP contribution in [0.5, 0.6) is 0 Å². The van der Waals surface area contributed by atoms with Crippen LogP contribution in [0.1, 0.15) is 28.4 Å². The van der Waals surface area contributed by atoms with Crippen LogP contribution < -0.4 is 5.32 Å². The van der Waals surface area contributed by atoms with Gasteiger partial charge in [0.2, 0.25) is 0 Å². The fourth-order valence-electron chi connectivity index (χ4n) is 2.12. The van der Waals surface area contributed by atoms with Gasteiger partial charge in [0.15, 0.2) is 0 Å². The molecule has 0 bridgehead atoms. The van der Waals surface area contributed by atoms with Crippen molar-refractivity contribution in [1.29, 1.82) is 5.26 Å². The topological polar surface area (TPSA) is 56.0 Å². The first kappa shape index (κ1) is 14.1. The highest BCUT2D eigenvalue weighted by molar-refractivity contribution is 5.52. The summed E-state index contributed by atoms with van der Waals surface area (Å²) in [6.45, 7) is 4.54. The van der Waals surface area contributed by atoms with E-state index in [0.29, 0.717) is 12.1 Å². The predicted molar refractivity (Wildman–Crippen MR) is 80.5 cm³/mol. The van der Waals surface area contributed by atoms with Gasteiger partial charge in [-0.15, -0.1) is 0 Å². The maximum Gasteiger partial charge on any atom is 0.0991 e. The number of nitriles is 1. The van der Waals surface area contributed by atoms with E-state index in [0.717, 1.165) is 16.8 Å². The quantitative estimate of drug-likeness (QED) is 0.892. The van der Waals surface area contributed by atoms with Crippen molar-refractivity contribution in [3.63, 3.8) is 0 Å². The molecule has 2 rings (SSSR count). The molecule has 1 atom stereocenters. The molecule has 0 spiro atoms. The molecule has 102 valence electrons. The molecule has 0 amide bonds. The van der Waals surface area contributed by atoms with Crippen LogP contribution >= 0.6 is 0 Å². The van der Waals surface area contributed by atoms with E-state index < -0.39 is 6.10 Å². The van der Waals surface area contributed by atoms with Gasteiger partial charge in [-0.2, -0.15) is 5.26 Å². The summed E-state index contributed by atoms with van der Waals surface area (Å²) in [6, 6.07) is 15.2. The highest BCUT2D eigenvalue weighted by Gasteiger charge is 2.08. The number of benzene rings is 2. The summed E-state index contributed by atoms with van der Waals surface area (Å²) in [5.41, 5.74) is 4.82. The van der Waals surface area contributed by atoms with Crippen LogP contribution in [0, 0.1) is 25.2 Å². The second kappa shape index (κ2) is 6.23. The van der Waals surface area contributed by atoms with E-state index in [2.05, 4.69) is 24.4 Å². The molecule has 0 fully saturated rings. The average molecular weight is 266 g/mol. The van der Waals surface area contributed by atoms with Crippen LogP contribution in [0.3, 0.4) is 0 Å². The van der Waals surface area contributed by atoms with Crippen molar-refractivity contribution < 1.29 is 5.11 Å². The molecule has 0 aliphatic rings. The Kier molecular flexibility index (Phi) is 4.39. The van der Waals surface area contributed by atoms with Crippen molar-refractivity contribution in [1.82, 2.24) is 0 Å². The van der Waals surface area contributed by atoms with Crippen molar-refractivity contribution in [2.75, 3.05) is 11.9 Å². The Balaban J connectivity index is 2.00. The fourth-order valence-corrected chi connectivity index (χ4v) is 2.12. The Labute approximate surface area is 119 Å². The largest absolute Gasteiger partial charge is 0.387 e. The van der Waals surface area contributed by atoms with Gasteiger partial charge in [0.05, 0.1) is 17.7 Å². The molecular weight excluding hydrogens is 248 g/mol. The van der Waals surface area contributed by atoms with E-state index in [4.69, 9.17) is 5.26 Å². The van der Waals surface area contributed by atoms with Gasteiger partial charge in [0, 0.05) is 12.2 Å². The Morgan fingerprint density at radius 3 is 2.45 bits per heavy atom. The molecule has 0 aliphatic heterocycles. The van der Waals surface area contributed by atoms with Gasteiger partial charge in [-0.25, -0.2) is 0 Å². The van der Waals surface area contributed by atoms with Crippen molar-refractivity contribution in [2.24, 2.45) is 0 Å². The summed E-state index contributed by atoms with van der Waals surface area (Å²) in [7, 11) is 0. The maximum atomic E-state index is 10.1. The molecule has 2 aromatic carbocycles. The van der Waals surface area contributed by atoms with Crippen molar-refractivity contribution in [3.05, 3.63) is 64.7 Å². The molecule has 0 saturated heterocycles. The molecule has 1 unspecified atom stereocenters. The summed E-state index contributed by atoms with van der Waals surface area (Å²) >= 11 is 0. The lowest BCUT2D eigenvalue weighted by molar-refractivity contribution is 0.191. The smallest absolute Gasteiger partial charge is 0.0991 e. The highest BCUT2D eigenvalue weighted by atomic mass is 16.3. The average Bonchev–Trinajstić information content (AvgIpc) is 2.46. The lowest BCUT2D eigenvalue weighted by Gasteiger charge is -2.15. The van der Waals surface area contributed by atoms with Gasteiger partial charge in [0.1, 0.15) is 0 Å². The van der Waals surface area contributed by atoms with Gasteiger partial charge in [-0.1, -0.05) is 29.8 Å². The van der Waals surface area contributed by atoms with Gasteiger partial charge < -0.3 is 10.4 Å². The minimum Gasteiger partial charge on any atom is -0.387 e. The normalized spacial score (nSPS) is 11.7. The Morgan fingerprint density at radius 2 is 1.85 bits per heavy atom. The number of aliphatic hydroxyl groups excluding tert-OH is 1. The molecule has 3 heteroatoms. The lowest BCUT2D eigenvalue weighted by atomic mass is 10.1. The van der Waals surface area contributed by atoms with E-state index in [-0.39, 0.29) is 0 Å². The maximum absolute atomic E-state index is 10.1. The molecule has 0 aliphatic carbocycles. The van der Waals surface area contributed by atoms with Gasteiger partial charge in [-0.05, 0) is 43.2 Å². The molecule has 0 heterocycles. The van der Waals surface area contributed by atoms with Crippen LogP contribution in [-0.4, -0.2) is 11.7 Å². The van der Waals surface area contributed by atoms with Crippen LogP contribution in [0.4, 0.5) is 5.69 Å². The number of anilines is 1. The van der Waals surface area contributed by atoms with E-state index in [9.17, 15) is 5.11 Å². The number of nitrogens with one attached hydrogen (secondary N) is 1. The Morgan fingerprint density at radius 1 is 1.15 bits per heavy atom. The molecule has 0 saturated carbocycles. The second-order valence-corrected chi connectivity index (χ2v) is 4.95. The summed E-state index contributed by atoms with van der Waals surface area (Å²) in [6.07, 6.45) is -0.594.